The van der Waals surface area contributed by atoms with Gasteiger partial charge in [-0.2, -0.15) is 0 Å². The summed E-state index contributed by atoms with van der Waals surface area (Å²) in [4.78, 5) is 25.7. The number of fused-ring (bicyclic) bond motifs is 1. The van der Waals surface area contributed by atoms with Crippen LogP contribution in [-0.4, -0.2) is 32.5 Å². The number of hydrogen-bond donors (Lipinski definition) is 2. The minimum absolute atomic E-state index is 0.0599. The first-order valence-corrected chi connectivity index (χ1v) is 12.1. The Morgan fingerprint density at radius 3 is 2.53 bits per heavy atom. The van der Waals surface area contributed by atoms with Gasteiger partial charge in [-0.3, -0.25) is 13.9 Å². The number of sulfonamides is 1. The van der Waals surface area contributed by atoms with Crippen LogP contribution in [0.2, 0.25) is 0 Å². The van der Waals surface area contributed by atoms with Crippen molar-refractivity contribution in [2.24, 2.45) is 0 Å². The Bertz CT molecular complexity index is 1290. The molecule has 0 saturated heterocycles. The SMILES string of the molecule is C[C@@H]1Sc2ccc(C(=O)Nc3cccc(S(=O)(=O)N(C)c4ccccc4)c3)cc2NC1=O. The summed E-state index contributed by atoms with van der Waals surface area (Å²) in [5.74, 6) is -0.517. The molecule has 0 spiro atoms. The number of anilines is 3. The maximum Gasteiger partial charge on any atom is 0.264 e. The van der Waals surface area contributed by atoms with Gasteiger partial charge in [0.1, 0.15) is 0 Å². The highest BCUT2D eigenvalue weighted by atomic mass is 32.2. The summed E-state index contributed by atoms with van der Waals surface area (Å²) in [5.41, 5.74) is 1.83. The van der Waals surface area contributed by atoms with Crippen molar-refractivity contribution >= 4 is 50.7 Å². The zero-order chi connectivity index (χ0) is 22.9. The normalized spacial score (nSPS) is 15.4. The largest absolute Gasteiger partial charge is 0.324 e. The van der Waals surface area contributed by atoms with Gasteiger partial charge in [0.15, 0.2) is 0 Å². The lowest BCUT2D eigenvalue weighted by molar-refractivity contribution is -0.115. The molecule has 0 unspecified atom stereocenters. The number of benzene rings is 3. The number of hydrogen-bond acceptors (Lipinski definition) is 5. The summed E-state index contributed by atoms with van der Waals surface area (Å²) in [6.45, 7) is 1.82. The second-order valence-electron chi connectivity index (χ2n) is 7.25. The number of carbonyl (C=O) groups is 2. The van der Waals surface area contributed by atoms with Crippen molar-refractivity contribution in [1.29, 1.82) is 0 Å². The monoisotopic (exact) mass is 467 g/mol. The van der Waals surface area contributed by atoms with Crippen molar-refractivity contribution in [1.82, 2.24) is 0 Å². The number of nitrogens with one attached hydrogen (secondary N) is 2. The molecule has 0 saturated carbocycles. The Morgan fingerprint density at radius 1 is 1.03 bits per heavy atom. The summed E-state index contributed by atoms with van der Waals surface area (Å²) in [7, 11) is -2.32. The molecule has 2 amide bonds. The highest BCUT2D eigenvalue weighted by Gasteiger charge is 2.24. The van der Waals surface area contributed by atoms with Crippen LogP contribution >= 0.6 is 11.8 Å². The van der Waals surface area contributed by atoms with Gasteiger partial charge in [0, 0.05) is 23.2 Å². The van der Waals surface area contributed by atoms with E-state index in [1.54, 1.807) is 54.6 Å². The predicted molar refractivity (Wildman–Crippen MR) is 127 cm³/mol. The minimum atomic E-state index is -3.81. The van der Waals surface area contributed by atoms with E-state index in [0.29, 0.717) is 22.6 Å². The van der Waals surface area contributed by atoms with Gasteiger partial charge in [0.05, 0.1) is 21.5 Å². The topological polar surface area (TPSA) is 95.6 Å². The molecule has 0 fully saturated rings. The van der Waals surface area contributed by atoms with Crippen LogP contribution in [0.3, 0.4) is 0 Å². The standard InChI is InChI=1S/C23H21N3O4S2/c1-15-22(27)25-20-13-16(11-12-21(20)31-15)23(28)24-17-7-6-10-19(14-17)32(29,30)26(2)18-8-4-3-5-9-18/h3-15H,1-2H3,(H,24,28)(H,25,27)/t15-/m0/s1. The minimum Gasteiger partial charge on any atom is -0.324 e. The van der Waals surface area contributed by atoms with E-state index >= 15 is 0 Å². The van der Waals surface area contributed by atoms with Crippen LogP contribution in [0.1, 0.15) is 17.3 Å². The Kier molecular flexibility index (Phi) is 5.94. The van der Waals surface area contributed by atoms with Gasteiger partial charge in [-0.15, -0.1) is 11.8 Å². The Labute approximate surface area is 190 Å². The fourth-order valence-corrected chi connectivity index (χ4v) is 5.39. The molecule has 1 aliphatic heterocycles. The summed E-state index contributed by atoms with van der Waals surface area (Å²) >= 11 is 1.43. The number of nitrogens with zero attached hydrogens (tertiary/aromatic N) is 1. The van der Waals surface area contributed by atoms with E-state index in [1.165, 1.54) is 35.2 Å². The summed E-state index contributed by atoms with van der Waals surface area (Å²) < 4.78 is 27.3. The number of thioether (sulfide) groups is 1. The molecule has 7 nitrogen and oxygen atoms in total. The van der Waals surface area contributed by atoms with Crippen molar-refractivity contribution in [3.8, 4) is 0 Å². The van der Waals surface area contributed by atoms with E-state index in [9.17, 15) is 18.0 Å². The molecule has 32 heavy (non-hydrogen) atoms. The van der Waals surface area contributed by atoms with Gasteiger partial charge in [0.25, 0.3) is 15.9 Å². The van der Waals surface area contributed by atoms with Gasteiger partial charge in [0.2, 0.25) is 5.91 Å². The lowest BCUT2D eigenvalue weighted by Gasteiger charge is -2.21. The first-order chi connectivity index (χ1) is 15.3. The van der Waals surface area contributed by atoms with Crippen LogP contribution in [0.4, 0.5) is 17.1 Å². The van der Waals surface area contributed by atoms with Crippen molar-refractivity contribution in [3.63, 3.8) is 0 Å². The molecule has 1 heterocycles. The molecule has 0 aliphatic carbocycles. The highest BCUT2D eigenvalue weighted by molar-refractivity contribution is 8.01. The van der Waals surface area contributed by atoms with Crippen molar-refractivity contribution in [3.05, 3.63) is 78.4 Å². The number of rotatable bonds is 5. The molecule has 4 rings (SSSR count). The molecule has 0 radical (unpaired) electrons. The molecule has 164 valence electrons. The van der Waals surface area contributed by atoms with Gasteiger partial charge < -0.3 is 10.6 Å². The van der Waals surface area contributed by atoms with E-state index in [0.717, 1.165) is 4.90 Å². The van der Waals surface area contributed by atoms with Gasteiger partial charge >= 0.3 is 0 Å². The molecule has 9 heteroatoms. The third-order valence-electron chi connectivity index (χ3n) is 5.04. The molecule has 2 N–H and O–H groups in total. The summed E-state index contributed by atoms with van der Waals surface area (Å²) in [6, 6.07) is 19.9. The third kappa shape index (κ3) is 4.35. The van der Waals surface area contributed by atoms with Crippen molar-refractivity contribution in [2.45, 2.75) is 22.0 Å². The lowest BCUT2D eigenvalue weighted by Crippen LogP contribution is -2.27. The highest BCUT2D eigenvalue weighted by Crippen LogP contribution is 2.36. The molecular weight excluding hydrogens is 446 g/mol. The molecule has 0 bridgehead atoms. The number of amides is 2. The quantitative estimate of drug-likeness (QED) is 0.586. The number of carbonyl (C=O) groups excluding carboxylic acids is 2. The lowest BCUT2D eigenvalue weighted by atomic mass is 10.1. The Morgan fingerprint density at radius 2 is 1.78 bits per heavy atom. The maximum atomic E-state index is 13.0. The second-order valence-corrected chi connectivity index (χ2v) is 10.6. The smallest absolute Gasteiger partial charge is 0.264 e. The van der Waals surface area contributed by atoms with Crippen molar-refractivity contribution < 1.29 is 18.0 Å². The Balaban J connectivity index is 1.55. The van der Waals surface area contributed by atoms with Crippen LogP contribution < -0.4 is 14.9 Å². The number of para-hydroxylation sites is 1. The molecule has 1 atom stereocenters. The maximum absolute atomic E-state index is 13.0. The average molecular weight is 468 g/mol. The van der Waals surface area contributed by atoms with Crippen LogP contribution in [0, 0.1) is 0 Å². The molecule has 1 aliphatic rings. The zero-order valence-electron chi connectivity index (χ0n) is 17.4. The molecule has 0 aromatic heterocycles. The van der Waals surface area contributed by atoms with E-state index in [2.05, 4.69) is 10.6 Å². The van der Waals surface area contributed by atoms with E-state index in [1.807, 2.05) is 13.0 Å². The van der Waals surface area contributed by atoms with Crippen LogP contribution in [0.25, 0.3) is 0 Å². The molecular formula is C23H21N3O4S2. The Hall–Kier alpha value is -3.30. The average Bonchev–Trinajstić information content (AvgIpc) is 2.79. The van der Waals surface area contributed by atoms with Crippen LogP contribution in [-0.2, 0) is 14.8 Å². The van der Waals surface area contributed by atoms with Gasteiger partial charge in [-0.25, -0.2) is 8.42 Å². The second kappa shape index (κ2) is 8.68. The molecule has 3 aromatic rings. The predicted octanol–water partition coefficient (Wildman–Crippen LogP) is 4.20. The first-order valence-electron chi connectivity index (χ1n) is 9.83. The fraction of sp³-hybridized carbons (Fsp3) is 0.130. The van der Waals surface area contributed by atoms with Crippen LogP contribution in [0.5, 0.6) is 0 Å². The van der Waals surface area contributed by atoms with Gasteiger partial charge in [-0.05, 0) is 55.5 Å². The van der Waals surface area contributed by atoms with E-state index in [4.69, 9.17) is 0 Å². The third-order valence-corrected chi connectivity index (χ3v) is 8.00. The molecule has 3 aromatic carbocycles. The fourth-order valence-electron chi connectivity index (χ4n) is 3.22. The van der Waals surface area contributed by atoms with Crippen molar-refractivity contribution in [2.75, 3.05) is 22.0 Å². The zero-order valence-corrected chi connectivity index (χ0v) is 19.0. The van der Waals surface area contributed by atoms with E-state index in [-0.39, 0.29) is 16.1 Å². The first kappa shape index (κ1) is 21.9. The van der Waals surface area contributed by atoms with Crippen LogP contribution in [0.15, 0.2) is 82.6 Å². The summed E-state index contributed by atoms with van der Waals surface area (Å²) in [6.07, 6.45) is 0. The van der Waals surface area contributed by atoms with E-state index < -0.39 is 15.9 Å². The van der Waals surface area contributed by atoms with Gasteiger partial charge in [-0.1, -0.05) is 24.3 Å². The summed E-state index contributed by atoms with van der Waals surface area (Å²) in [5, 5.41) is 5.34.